The standard InChI is InChI=1S/C22H29N3O7/c1-2-3-4-5-6-7-8-9-10-11-12-13-14-15-16-17-18-19-21(23(27)28)22(20-26,24(29)30)25(31)32/h3-4,6-7,9-10,12-13,15-16,18-21H,2,5,8,11,14,17H2,1H3/b4-3+,7-6+,10-9+,13-12+,16-15+,19-18+. The Hall–Kier alpha value is -3.69. The number of rotatable bonds is 17. The van der Waals surface area contributed by atoms with Crippen LogP contribution in [0.4, 0.5) is 0 Å². The van der Waals surface area contributed by atoms with Crippen molar-refractivity contribution in [2.24, 2.45) is 0 Å². The number of nitro groups is 3. The van der Waals surface area contributed by atoms with Crippen LogP contribution < -0.4 is 0 Å². The van der Waals surface area contributed by atoms with Crippen LogP contribution in [0.2, 0.25) is 0 Å². The third-order valence-electron chi connectivity index (χ3n) is 4.17. The molecule has 0 saturated carbocycles. The van der Waals surface area contributed by atoms with Gasteiger partial charge in [0.15, 0.2) is 0 Å². The van der Waals surface area contributed by atoms with Crippen molar-refractivity contribution in [2.75, 3.05) is 0 Å². The van der Waals surface area contributed by atoms with Crippen molar-refractivity contribution in [1.82, 2.24) is 0 Å². The Balaban J connectivity index is 4.44. The third kappa shape index (κ3) is 10.4. The van der Waals surface area contributed by atoms with Gasteiger partial charge >= 0.3 is 11.7 Å². The van der Waals surface area contributed by atoms with Crippen LogP contribution >= 0.6 is 0 Å². The quantitative estimate of drug-likeness (QED) is 0.102. The predicted molar refractivity (Wildman–Crippen MR) is 122 cm³/mol. The molecule has 10 nitrogen and oxygen atoms in total. The molecule has 0 N–H and O–H groups in total. The maximum absolute atomic E-state index is 11.1. The second-order valence-electron chi connectivity index (χ2n) is 6.52. The summed E-state index contributed by atoms with van der Waals surface area (Å²) in [5.41, 5.74) is -3.55. The van der Waals surface area contributed by atoms with E-state index in [9.17, 15) is 35.1 Å². The molecule has 0 aromatic carbocycles. The fourth-order valence-corrected chi connectivity index (χ4v) is 2.44. The second kappa shape index (κ2) is 17.0. The number of aldehydes is 1. The van der Waals surface area contributed by atoms with Crippen LogP contribution in [0.5, 0.6) is 0 Å². The summed E-state index contributed by atoms with van der Waals surface area (Å²) in [6.45, 7) is 2.10. The number of carbonyl (C=O) groups excluding carboxylic acids is 1. The highest BCUT2D eigenvalue weighted by atomic mass is 16.7. The molecule has 0 aromatic rings. The minimum Gasteiger partial charge on any atom is -0.287 e. The molecule has 0 aromatic heterocycles. The Kier molecular flexibility index (Phi) is 15.1. The molecular weight excluding hydrogens is 418 g/mol. The molecule has 0 fully saturated rings. The lowest BCUT2D eigenvalue weighted by Gasteiger charge is -2.12. The van der Waals surface area contributed by atoms with Gasteiger partial charge in [-0.1, -0.05) is 73.8 Å². The fourth-order valence-electron chi connectivity index (χ4n) is 2.44. The van der Waals surface area contributed by atoms with Gasteiger partial charge in [0, 0.05) is 11.0 Å². The highest BCUT2D eigenvalue weighted by Gasteiger charge is 2.70. The topological polar surface area (TPSA) is 146 Å². The number of allylic oxidation sites excluding steroid dienone is 11. The Morgan fingerprint density at radius 3 is 1.28 bits per heavy atom. The van der Waals surface area contributed by atoms with E-state index in [1.165, 1.54) is 6.08 Å². The zero-order chi connectivity index (χ0) is 24.2. The van der Waals surface area contributed by atoms with E-state index in [4.69, 9.17) is 0 Å². The first-order valence-corrected chi connectivity index (χ1v) is 10.1. The maximum atomic E-state index is 11.1. The predicted octanol–water partition coefficient (Wildman–Crippen LogP) is 4.78. The van der Waals surface area contributed by atoms with Crippen molar-refractivity contribution in [3.8, 4) is 0 Å². The molecule has 0 rings (SSSR count). The van der Waals surface area contributed by atoms with Crippen LogP contribution in [0.25, 0.3) is 0 Å². The molecule has 0 saturated heterocycles. The average molecular weight is 447 g/mol. The Bertz CT molecular complexity index is 781. The molecule has 0 heterocycles. The Labute approximate surface area is 186 Å². The monoisotopic (exact) mass is 447 g/mol. The van der Waals surface area contributed by atoms with Gasteiger partial charge in [0.25, 0.3) is 6.29 Å². The molecule has 0 bridgehead atoms. The van der Waals surface area contributed by atoms with Crippen molar-refractivity contribution in [3.63, 3.8) is 0 Å². The zero-order valence-electron chi connectivity index (χ0n) is 18.0. The lowest BCUT2D eigenvalue weighted by atomic mass is 10.0. The smallest absolute Gasteiger partial charge is 0.287 e. The molecule has 0 aliphatic carbocycles. The van der Waals surface area contributed by atoms with Crippen LogP contribution in [0.15, 0.2) is 72.9 Å². The van der Waals surface area contributed by atoms with Crippen molar-refractivity contribution < 1.29 is 19.6 Å². The summed E-state index contributed by atoms with van der Waals surface area (Å²) in [5, 5.41) is 33.0. The first kappa shape index (κ1) is 28.3. The van der Waals surface area contributed by atoms with Crippen molar-refractivity contribution in [1.29, 1.82) is 0 Å². The summed E-state index contributed by atoms with van der Waals surface area (Å²) >= 11 is 0. The summed E-state index contributed by atoms with van der Waals surface area (Å²) in [6, 6.07) is -2.41. The molecular formula is C22H29N3O7. The van der Waals surface area contributed by atoms with E-state index in [1.54, 1.807) is 12.2 Å². The first-order valence-electron chi connectivity index (χ1n) is 10.1. The minimum absolute atomic E-state index is 0.169. The molecule has 1 atom stereocenters. The van der Waals surface area contributed by atoms with Crippen molar-refractivity contribution in [2.45, 2.75) is 57.2 Å². The molecule has 0 spiro atoms. The first-order chi connectivity index (χ1) is 15.3. The lowest BCUT2D eigenvalue weighted by Crippen LogP contribution is -2.59. The van der Waals surface area contributed by atoms with Crippen molar-refractivity contribution in [3.05, 3.63) is 103 Å². The van der Waals surface area contributed by atoms with E-state index in [1.807, 2.05) is 12.2 Å². The van der Waals surface area contributed by atoms with Crippen LogP contribution in [0.3, 0.4) is 0 Å². The van der Waals surface area contributed by atoms with E-state index >= 15 is 0 Å². The van der Waals surface area contributed by atoms with Gasteiger partial charge in [0.05, 0.1) is 0 Å². The average Bonchev–Trinajstić information content (AvgIpc) is 2.74. The van der Waals surface area contributed by atoms with Gasteiger partial charge in [0.1, 0.15) is 9.85 Å². The number of hydrogen-bond acceptors (Lipinski definition) is 7. The molecule has 1 unspecified atom stereocenters. The van der Waals surface area contributed by atoms with E-state index in [0.717, 1.165) is 25.7 Å². The lowest BCUT2D eigenvalue weighted by molar-refractivity contribution is -0.808. The largest absolute Gasteiger partial charge is 0.581 e. The highest BCUT2D eigenvalue weighted by Crippen LogP contribution is 2.18. The fraction of sp³-hybridized carbons (Fsp3) is 0.409. The van der Waals surface area contributed by atoms with Gasteiger partial charge in [0.2, 0.25) is 0 Å². The van der Waals surface area contributed by atoms with Gasteiger partial charge < -0.3 is 0 Å². The SMILES string of the molecule is CC/C=C/C/C=C/C/C=C/C/C=C/C/C=C/C/C=C/C([N+](=O)[O-])C(C=O)([N+](=O)[O-])[N+](=O)[O-]. The van der Waals surface area contributed by atoms with Gasteiger partial charge in [-0.25, -0.2) is 0 Å². The van der Waals surface area contributed by atoms with Crippen LogP contribution in [-0.2, 0) is 4.79 Å². The van der Waals surface area contributed by atoms with Gasteiger partial charge in [-0.3, -0.25) is 35.1 Å². The van der Waals surface area contributed by atoms with Crippen LogP contribution in [0.1, 0.15) is 45.4 Å². The second-order valence-corrected chi connectivity index (χ2v) is 6.52. The zero-order valence-corrected chi connectivity index (χ0v) is 18.0. The van der Waals surface area contributed by atoms with Gasteiger partial charge in [-0.05, 0) is 38.5 Å². The summed E-state index contributed by atoms with van der Waals surface area (Å²) in [6.07, 6.45) is 25.7. The molecule has 0 aliphatic rings. The van der Waals surface area contributed by atoms with E-state index in [2.05, 4.69) is 43.4 Å². The van der Waals surface area contributed by atoms with E-state index < -0.39 is 32.8 Å². The highest BCUT2D eigenvalue weighted by molar-refractivity contribution is 5.61. The number of nitrogens with zero attached hydrogens (tertiary/aromatic N) is 3. The minimum atomic E-state index is -3.55. The van der Waals surface area contributed by atoms with Crippen molar-refractivity contribution >= 4 is 6.29 Å². The summed E-state index contributed by atoms with van der Waals surface area (Å²) in [4.78, 5) is 39.7. The third-order valence-corrected chi connectivity index (χ3v) is 4.17. The molecule has 174 valence electrons. The van der Waals surface area contributed by atoms with E-state index in [-0.39, 0.29) is 6.42 Å². The summed E-state index contributed by atoms with van der Waals surface area (Å²) in [7, 11) is 0. The molecule has 0 aliphatic heterocycles. The Morgan fingerprint density at radius 1 is 0.656 bits per heavy atom. The summed E-state index contributed by atoms with van der Waals surface area (Å²) in [5.74, 6) is 0. The molecule has 10 heteroatoms. The van der Waals surface area contributed by atoms with Crippen LogP contribution in [-0.4, -0.2) is 32.8 Å². The normalized spacial score (nSPS) is 13.9. The van der Waals surface area contributed by atoms with Gasteiger partial charge in [-0.15, -0.1) is 0 Å². The maximum Gasteiger partial charge on any atom is 0.581 e. The molecule has 32 heavy (non-hydrogen) atoms. The summed E-state index contributed by atoms with van der Waals surface area (Å²) < 4.78 is 0. The number of hydrogen-bond donors (Lipinski definition) is 0. The Morgan fingerprint density at radius 2 is 1.00 bits per heavy atom. The molecule has 0 amide bonds. The van der Waals surface area contributed by atoms with Crippen LogP contribution in [0, 0.1) is 30.3 Å². The number of carbonyl (C=O) groups is 1. The van der Waals surface area contributed by atoms with E-state index in [0.29, 0.717) is 12.5 Å². The molecule has 0 radical (unpaired) electrons. The van der Waals surface area contributed by atoms with Gasteiger partial charge in [-0.2, -0.15) is 0 Å².